The lowest BCUT2D eigenvalue weighted by Gasteiger charge is -2.25. The number of alkyl halides is 6. The molecule has 0 heterocycles. The first kappa shape index (κ1) is 13.0. The molecule has 0 aromatic carbocycles. The van der Waals surface area contributed by atoms with Gasteiger partial charge in [-0.1, -0.05) is 0 Å². The molecule has 0 aliphatic carbocycles. The van der Waals surface area contributed by atoms with Gasteiger partial charge in [0.15, 0.2) is 5.92 Å². The Labute approximate surface area is 74.7 Å². The fraction of sp³-hybridized carbons (Fsp3) is 0.833. The van der Waals surface area contributed by atoms with E-state index in [2.05, 4.69) is 0 Å². The van der Waals surface area contributed by atoms with Crippen molar-refractivity contribution >= 4 is 0 Å². The largest absolute Gasteiger partial charge is 0.403 e. The first-order valence-electron chi connectivity index (χ1n) is 3.29. The maximum atomic E-state index is 11.8. The van der Waals surface area contributed by atoms with E-state index in [0.717, 1.165) is 6.07 Å². The molecular formula is C6H5F6NO. The Morgan fingerprint density at radius 2 is 1.43 bits per heavy atom. The Morgan fingerprint density at radius 1 is 1.07 bits per heavy atom. The third-order valence-corrected chi connectivity index (χ3v) is 1.39. The average Bonchev–Trinajstić information content (AvgIpc) is 1.78. The van der Waals surface area contributed by atoms with Crippen LogP contribution in [0.2, 0.25) is 0 Å². The molecule has 0 aliphatic rings. The van der Waals surface area contributed by atoms with E-state index in [1.807, 2.05) is 0 Å². The van der Waals surface area contributed by atoms with Crippen LogP contribution in [0.25, 0.3) is 0 Å². The van der Waals surface area contributed by atoms with Crippen molar-refractivity contribution in [2.24, 2.45) is 5.92 Å². The lowest BCUT2D eigenvalue weighted by molar-refractivity contribution is -0.305. The number of halogens is 6. The Bertz CT molecular complexity index is 212. The SMILES string of the molecule is N#CCC(O)C(C(F)(F)F)C(F)(F)F. The zero-order valence-electron chi connectivity index (χ0n) is 6.52. The van der Waals surface area contributed by atoms with Gasteiger partial charge in [0.05, 0.1) is 18.6 Å². The number of aliphatic hydroxyl groups is 1. The van der Waals surface area contributed by atoms with Crippen molar-refractivity contribution in [3.8, 4) is 6.07 Å². The Morgan fingerprint density at radius 3 is 1.64 bits per heavy atom. The summed E-state index contributed by atoms with van der Waals surface area (Å²) in [5, 5.41) is 16.4. The van der Waals surface area contributed by atoms with Crippen LogP contribution in [-0.4, -0.2) is 23.6 Å². The number of aliphatic hydroxyl groups excluding tert-OH is 1. The maximum Gasteiger partial charge on any atom is 0.403 e. The fourth-order valence-electron chi connectivity index (χ4n) is 0.833. The Kier molecular flexibility index (Phi) is 3.76. The van der Waals surface area contributed by atoms with Gasteiger partial charge in [-0.3, -0.25) is 0 Å². The lowest BCUT2D eigenvalue weighted by atomic mass is 9.99. The second-order valence-electron chi connectivity index (χ2n) is 2.49. The smallest absolute Gasteiger partial charge is 0.391 e. The molecule has 0 aromatic heterocycles. The van der Waals surface area contributed by atoms with Crippen LogP contribution in [0.5, 0.6) is 0 Å². The van der Waals surface area contributed by atoms with Crippen molar-refractivity contribution in [3.63, 3.8) is 0 Å². The van der Waals surface area contributed by atoms with E-state index in [-0.39, 0.29) is 0 Å². The summed E-state index contributed by atoms with van der Waals surface area (Å²) in [5.41, 5.74) is 0. The van der Waals surface area contributed by atoms with Gasteiger partial charge in [0, 0.05) is 0 Å². The van der Waals surface area contributed by atoms with Gasteiger partial charge in [-0.15, -0.1) is 0 Å². The number of rotatable bonds is 2. The van der Waals surface area contributed by atoms with Crippen LogP contribution in [0, 0.1) is 17.2 Å². The summed E-state index contributed by atoms with van der Waals surface area (Å²) in [7, 11) is 0. The van der Waals surface area contributed by atoms with Crippen LogP contribution in [0.3, 0.4) is 0 Å². The van der Waals surface area contributed by atoms with E-state index in [9.17, 15) is 26.3 Å². The quantitative estimate of drug-likeness (QED) is 0.724. The van der Waals surface area contributed by atoms with Crippen molar-refractivity contribution in [2.45, 2.75) is 24.9 Å². The predicted octanol–water partition coefficient (Wildman–Crippen LogP) is 2.00. The van der Waals surface area contributed by atoms with Crippen LogP contribution < -0.4 is 0 Å². The number of hydrogen-bond donors (Lipinski definition) is 1. The molecule has 0 fully saturated rings. The van der Waals surface area contributed by atoms with Gasteiger partial charge in [-0.2, -0.15) is 31.6 Å². The summed E-state index contributed by atoms with van der Waals surface area (Å²) in [6.07, 6.45) is -15.2. The molecule has 0 spiro atoms. The fourth-order valence-corrected chi connectivity index (χ4v) is 0.833. The molecule has 0 amide bonds. The molecule has 2 nitrogen and oxygen atoms in total. The van der Waals surface area contributed by atoms with E-state index >= 15 is 0 Å². The van der Waals surface area contributed by atoms with Gasteiger partial charge in [-0.05, 0) is 0 Å². The van der Waals surface area contributed by atoms with Crippen molar-refractivity contribution in [1.29, 1.82) is 5.26 Å². The summed E-state index contributed by atoms with van der Waals surface area (Å²) in [6.45, 7) is 0. The first-order valence-corrected chi connectivity index (χ1v) is 3.29. The van der Waals surface area contributed by atoms with Crippen LogP contribution in [-0.2, 0) is 0 Å². The van der Waals surface area contributed by atoms with E-state index in [1.54, 1.807) is 0 Å². The van der Waals surface area contributed by atoms with Gasteiger partial charge >= 0.3 is 12.4 Å². The first-order chi connectivity index (χ1) is 6.10. The minimum Gasteiger partial charge on any atom is -0.391 e. The van der Waals surface area contributed by atoms with Gasteiger partial charge in [-0.25, -0.2) is 0 Å². The molecule has 0 rings (SSSR count). The molecule has 0 aromatic rings. The van der Waals surface area contributed by atoms with Gasteiger partial charge < -0.3 is 5.11 Å². The number of hydrogen-bond acceptors (Lipinski definition) is 2. The number of nitriles is 1. The normalized spacial score (nSPS) is 15.4. The Hall–Kier alpha value is -0.970. The average molecular weight is 221 g/mol. The van der Waals surface area contributed by atoms with Crippen LogP contribution in [0.15, 0.2) is 0 Å². The summed E-state index contributed by atoms with van der Waals surface area (Å²) < 4.78 is 70.8. The maximum absolute atomic E-state index is 11.8. The van der Waals surface area contributed by atoms with Crippen molar-refractivity contribution < 1.29 is 31.4 Å². The highest BCUT2D eigenvalue weighted by Gasteiger charge is 2.59. The minimum absolute atomic E-state index is 1.04. The predicted molar refractivity (Wildman–Crippen MR) is 31.8 cm³/mol. The van der Waals surface area contributed by atoms with Crippen molar-refractivity contribution in [1.82, 2.24) is 0 Å². The summed E-state index contributed by atoms with van der Waals surface area (Å²) >= 11 is 0. The topological polar surface area (TPSA) is 44.0 Å². The summed E-state index contributed by atoms with van der Waals surface area (Å²) in [6, 6.07) is 1.04. The molecule has 1 atom stereocenters. The highest BCUT2D eigenvalue weighted by Crippen LogP contribution is 2.41. The zero-order valence-corrected chi connectivity index (χ0v) is 6.52. The van der Waals surface area contributed by atoms with E-state index < -0.39 is 30.8 Å². The Balaban J connectivity index is 4.86. The molecule has 8 heteroatoms. The lowest BCUT2D eigenvalue weighted by Crippen LogP contribution is -2.44. The zero-order chi connectivity index (χ0) is 11.6. The highest BCUT2D eigenvalue weighted by molar-refractivity contribution is 4.87. The third-order valence-electron chi connectivity index (χ3n) is 1.39. The summed E-state index contributed by atoms with van der Waals surface area (Å²) in [4.78, 5) is 0. The second kappa shape index (κ2) is 4.04. The van der Waals surface area contributed by atoms with Crippen LogP contribution >= 0.6 is 0 Å². The number of nitrogens with zero attached hydrogens (tertiary/aromatic N) is 1. The molecule has 82 valence electrons. The standard InChI is InChI=1S/C6H5F6NO/c7-5(8,9)4(6(10,11)12)3(14)1-2-13/h3-4,14H,1H2. The monoisotopic (exact) mass is 221 g/mol. The van der Waals surface area contributed by atoms with Crippen LogP contribution in [0.1, 0.15) is 6.42 Å². The van der Waals surface area contributed by atoms with Crippen molar-refractivity contribution in [3.05, 3.63) is 0 Å². The molecule has 0 bridgehead atoms. The molecule has 0 aliphatic heterocycles. The van der Waals surface area contributed by atoms with Gasteiger partial charge in [0.2, 0.25) is 0 Å². The molecule has 1 unspecified atom stereocenters. The second-order valence-corrected chi connectivity index (χ2v) is 2.49. The molecule has 0 saturated heterocycles. The summed E-state index contributed by atoms with van der Waals surface area (Å²) in [5.74, 6) is -3.87. The molecule has 0 saturated carbocycles. The van der Waals surface area contributed by atoms with Crippen molar-refractivity contribution in [2.75, 3.05) is 0 Å². The minimum atomic E-state index is -5.60. The van der Waals surface area contributed by atoms with E-state index in [0.29, 0.717) is 0 Å². The molecule has 14 heavy (non-hydrogen) atoms. The van der Waals surface area contributed by atoms with Crippen LogP contribution in [0.4, 0.5) is 26.3 Å². The third kappa shape index (κ3) is 3.41. The van der Waals surface area contributed by atoms with E-state index in [1.165, 1.54) is 0 Å². The highest BCUT2D eigenvalue weighted by atomic mass is 19.4. The van der Waals surface area contributed by atoms with Gasteiger partial charge in [0.1, 0.15) is 0 Å². The molecule has 0 radical (unpaired) electrons. The molecular weight excluding hydrogens is 216 g/mol. The van der Waals surface area contributed by atoms with Gasteiger partial charge in [0.25, 0.3) is 0 Å². The molecule has 1 N–H and O–H groups in total. The van der Waals surface area contributed by atoms with E-state index in [4.69, 9.17) is 10.4 Å².